The van der Waals surface area contributed by atoms with Crippen LogP contribution < -0.4 is 5.73 Å². The topological polar surface area (TPSA) is 110 Å². The fourth-order valence-corrected chi connectivity index (χ4v) is 1.77. The molecule has 0 heterocycles. The van der Waals surface area contributed by atoms with E-state index in [1.165, 1.54) is 0 Å². The highest BCUT2D eigenvalue weighted by Gasteiger charge is 2.40. The fourth-order valence-electron chi connectivity index (χ4n) is 1.31. The Hall–Kier alpha value is -1.03. The van der Waals surface area contributed by atoms with Gasteiger partial charge in [0, 0.05) is 16.1 Å². The molecular formula is C9H10BrClF2N2O4. The van der Waals surface area contributed by atoms with E-state index in [0.717, 1.165) is 12.1 Å². The number of benzene rings is 1. The van der Waals surface area contributed by atoms with Gasteiger partial charge in [-0.05, 0) is 6.07 Å². The zero-order valence-electron chi connectivity index (χ0n) is 9.22. The lowest BCUT2D eigenvalue weighted by Gasteiger charge is -2.22. The van der Waals surface area contributed by atoms with Crippen molar-refractivity contribution in [3.8, 4) is 5.75 Å². The standard InChI is InChI=1S/C9H9BrF2N2O4.ClH/c10-4-1-5(8(13)9(11,12)3-15)7(16)6(2-4)14(17)18;/h1-2,8,15-16H,3,13H2;1H/t8-;/m0./s1. The number of hydrogen-bond acceptors (Lipinski definition) is 5. The number of halogens is 4. The lowest BCUT2D eigenvalue weighted by molar-refractivity contribution is -0.386. The molecule has 0 saturated carbocycles. The van der Waals surface area contributed by atoms with Crippen LogP contribution in [-0.2, 0) is 0 Å². The molecule has 19 heavy (non-hydrogen) atoms. The van der Waals surface area contributed by atoms with E-state index in [1.54, 1.807) is 0 Å². The summed E-state index contributed by atoms with van der Waals surface area (Å²) in [4.78, 5) is 9.69. The number of aromatic hydroxyl groups is 1. The van der Waals surface area contributed by atoms with E-state index in [9.17, 15) is 24.0 Å². The first-order valence-corrected chi connectivity index (χ1v) is 5.41. The maximum Gasteiger partial charge on any atom is 0.312 e. The molecule has 108 valence electrons. The van der Waals surface area contributed by atoms with Gasteiger partial charge in [0.05, 0.1) is 4.92 Å². The molecule has 1 rings (SSSR count). The van der Waals surface area contributed by atoms with Crippen LogP contribution in [0.5, 0.6) is 5.75 Å². The molecule has 0 aliphatic carbocycles. The minimum atomic E-state index is -3.70. The van der Waals surface area contributed by atoms with E-state index in [4.69, 9.17) is 10.8 Å². The third kappa shape index (κ3) is 3.72. The number of phenolic OH excluding ortho intramolecular Hbond substituents is 1. The van der Waals surface area contributed by atoms with E-state index in [-0.39, 0.29) is 16.9 Å². The van der Waals surface area contributed by atoms with Crippen molar-refractivity contribution in [2.24, 2.45) is 5.73 Å². The van der Waals surface area contributed by atoms with Gasteiger partial charge in [0.15, 0.2) is 5.75 Å². The number of aliphatic hydroxyl groups is 1. The minimum Gasteiger partial charge on any atom is -0.502 e. The van der Waals surface area contributed by atoms with Gasteiger partial charge in [0.1, 0.15) is 12.6 Å². The van der Waals surface area contributed by atoms with Crippen molar-refractivity contribution in [3.63, 3.8) is 0 Å². The lowest BCUT2D eigenvalue weighted by atomic mass is 10.00. The van der Waals surface area contributed by atoms with Crippen LogP contribution in [0.3, 0.4) is 0 Å². The molecule has 0 radical (unpaired) electrons. The highest BCUT2D eigenvalue weighted by atomic mass is 79.9. The maximum atomic E-state index is 13.2. The van der Waals surface area contributed by atoms with Crippen molar-refractivity contribution in [1.82, 2.24) is 0 Å². The van der Waals surface area contributed by atoms with Crippen molar-refractivity contribution in [1.29, 1.82) is 0 Å². The molecule has 1 aromatic rings. The molecule has 0 amide bonds. The Morgan fingerprint density at radius 1 is 1.53 bits per heavy atom. The molecule has 0 bridgehead atoms. The number of nitrogens with two attached hydrogens (primary N) is 1. The molecule has 0 aromatic heterocycles. The van der Waals surface area contributed by atoms with Gasteiger partial charge in [-0.1, -0.05) is 15.9 Å². The minimum absolute atomic E-state index is 0. The smallest absolute Gasteiger partial charge is 0.312 e. The van der Waals surface area contributed by atoms with Crippen molar-refractivity contribution in [2.45, 2.75) is 12.0 Å². The summed E-state index contributed by atoms with van der Waals surface area (Å²) in [5.41, 5.74) is 3.94. The number of alkyl halides is 2. The van der Waals surface area contributed by atoms with Crippen LogP contribution in [0.25, 0.3) is 0 Å². The number of hydrogen-bond donors (Lipinski definition) is 3. The number of aliphatic hydroxyl groups excluding tert-OH is 1. The summed E-state index contributed by atoms with van der Waals surface area (Å²) in [6, 6.07) is -0.0575. The predicted octanol–water partition coefficient (Wildman–Crippen LogP) is 2.11. The van der Waals surface area contributed by atoms with Gasteiger partial charge in [-0.15, -0.1) is 12.4 Å². The van der Waals surface area contributed by atoms with Crippen LogP contribution in [0, 0.1) is 10.1 Å². The maximum absolute atomic E-state index is 13.2. The van der Waals surface area contributed by atoms with Crippen LogP contribution >= 0.6 is 28.3 Å². The number of nitrogens with zero attached hydrogens (tertiary/aromatic N) is 1. The fraction of sp³-hybridized carbons (Fsp3) is 0.333. The molecular weight excluding hydrogens is 353 g/mol. The summed E-state index contributed by atoms with van der Waals surface area (Å²) in [7, 11) is 0. The van der Waals surface area contributed by atoms with Crippen LogP contribution in [0.4, 0.5) is 14.5 Å². The van der Waals surface area contributed by atoms with E-state index in [1.807, 2.05) is 0 Å². The van der Waals surface area contributed by atoms with Gasteiger partial charge >= 0.3 is 5.69 Å². The number of rotatable bonds is 4. The van der Waals surface area contributed by atoms with Gasteiger partial charge in [-0.2, -0.15) is 0 Å². The average molecular weight is 364 g/mol. The first-order valence-electron chi connectivity index (χ1n) is 4.61. The molecule has 0 unspecified atom stereocenters. The van der Waals surface area contributed by atoms with E-state index < -0.39 is 40.5 Å². The second kappa shape index (κ2) is 6.42. The highest BCUT2D eigenvalue weighted by molar-refractivity contribution is 9.10. The first kappa shape index (κ1) is 18.0. The summed E-state index contributed by atoms with van der Waals surface area (Å²) < 4.78 is 26.5. The summed E-state index contributed by atoms with van der Waals surface area (Å²) in [6.07, 6.45) is 0. The Labute approximate surface area is 120 Å². The summed E-state index contributed by atoms with van der Waals surface area (Å²) in [5.74, 6) is -4.64. The molecule has 1 atom stereocenters. The summed E-state index contributed by atoms with van der Waals surface area (Å²) >= 11 is 2.89. The molecule has 0 aliphatic rings. The van der Waals surface area contributed by atoms with Crippen molar-refractivity contribution in [2.75, 3.05) is 6.61 Å². The van der Waals surface area contributed by atoms with Gasteiger partial charge in [-0.3, -0.25) is 10.1 Å². The molecule has 0 spiro atoms. The summed E-state index contributed by atoms with van der Waals surface area (Å²) in [5, 5.41) is 28.7. The second-order valence-corrected chi connectivity index (χ2v) is 4.43. The monoisotopic (exact) mass is 362 g/mol. The van der Waals surface area contributed by atoms with E-state index >= 15 is 0 Å². The van der Waals surface area contributed by atoms with Crippen LogP contribution in [0.2, 0.25) is 0 Å². The summed E-state index contributed by atoms with van der Waals surface area (Å²) in [6.45, 7) is -1.53. The highest BCUT2D eigenvalue weighted by Crippen LogP contribution is 2.40. The molecule has 4 N–H and O–H groups in total. The Morgan fingerprint density at radius 3 is 2.47 bits per heavy atom. The van der Waals surface area contributed by atoms with Gasteiger partial charge in [0.25, 0.3) is 5.92 Å². The third-order valence-electron chi connectivity index (χ3n) is 2.28. The van der Waals surface area contributed by atoms with E-state index in [0.29, 0.717) is 0 Å². The van der Waals surface area contributed by atoms with E-state index in [2.05, 4.69) is 15.9 Å². The molecule has 6 nitrogen and oxygen atoms in total. The number of phenols is 1. The molecule has 10 heteroatoms. The Kier molecular flexibility index (Phi) is 6.07. The molecule has 0 saturated heterocycles. The van der Waals surface area contributed by atoms with Crippen LogP contribution in [-0.4, -0.2) is 27.7 Å². The molecule has 0 aliphatic heterocycles. The van der Waals surface area contributed by atoms with Crippen molar-refractivity contribution in [3.05, 3.63) is 32.3 Å². The van der Waals surface area contributed by atoms with Gasteiger partial charge in [-0.25, -0.2) is 8.78 Å². The molecule has 1 aromatic carbocycles. The normalized spacial score (nSPS) is 12.7. The Morgan fingerprint density at radius 2 is 2.05 bits per heavy atom. The Balaban J connectivity index is 0.00000324. The lowest BCUT2D eigenvalue weighted by Crippen LogP contribution is -2.36. The largest absolute Gasteiger partial charge is 0.502 e. The SMILES string of the molecule is Cl.N[C@@H](c1cc(Br)cc([N+](=O)[O-])c1O)C(F)(F)CO. The second-order valence-electron chi connectivity index (χ2n) is 3.52. The van der Waals surface area contributed by atoms with Crippen LogP contribution in [0.1, 0.15) is 11.6 Å². The molecule has 0 fully saturated rings. The van der Waals surface area contributed by atoms with Gasteiger partial charge in [0.2, 0.25) is 0 Å². The van der Waals surface area contributed by atoms with Crippen molar-refractivity contribution >= 4 is 34.0 Å². The zero-order chi connectivity index (χ0) is 14.1. The number of nitro groups is 1. The van der Waals surface area contributed by atoms with Crippen LogP contribution in [0.15, 0.2) is 16.6 Å². The quantitative estimate of drug-likeness (QED) is 0.560. The third-order valence-corrected chi connectivity index (χ3v) is 2.74. The Bertz CT molecular complexity index is 490. The predicted molar refractivity (Wildman–Crippen MR) is 68.7 cm³/mol. The first-order chi connectivity index (χ1) is 8.20. The average Bonchev–Trinajstić information content (AvgIpc) is 2.30. The van der Waals surface area contributed by atoms with Gasteiger partial charge < -0.3 is 15.9 Å². The zero-order valence-corrected chi connectivity index (χ0v) is 11.6. The number of nitro benzene ring substituents is 1. The van der Waals surface area contributed by atoms with Crippen molar-refractivity contribution < 1.29 is 23.9 Å².